The van der Waals surface area contributed by atoms with E-state index in [9.17, 15) is 9.18 Å². The summed E-state index contributed by atoms with van der Waals surface area (Å²) in [6, 6.07) is 6.45. The van der Waals surface area contributed by atoms with Crippen LogP contribution in [0.5, 0.6) is 0 Å². The quantitative estimate of drug-likeness (QED) is 0.814. The smallest absolute Gasteiger partial charge is 0.256 e. The van der Waals surface area contributed by atoms with Crippen LogP contribution in [0, 0.1) is 12.7 Å². The van der Waals surface area contributed by atoms with Gasteiger partial charge in [0.15, 0.2) is 0 Å². The van der Waals surface area contributed by atoms with Gasteiger partial charge in [-0.3, -0.25) is 9.78 Å². The largest absolute Gasteiger partial charge is 0.321 e. The molecule has 3 nitrogen and oxygen atoms in total. The number of carbonyl (C=O) groups excluding carboxylic acids is 1. The van der Waals surface area contributed by atoms with Gasteiger partial charge in [0.05, 0.1) is 16.3 Å². The molecule has 0 spiro atoms. The summed E-state index contributed by atoms with van der Waals surface area (Å²) in [5, 5.41) is 2.77. The second kappa shape index (κ2) is 4.72. The Balaban J connectivity index is 2.14. The molecular formula is C15H10ClFN2O. The van der Waals surface area contributed by atoms with Crippen molar-refractivity contribution < 1.29 is 9.18 Å². The van der Waals surface area contributed by atoms with Gasteiger partial charge in [-0.2, -0.15) is 0 Å². The fourth-order valence-corrected chi connectivity index (χ4v) is 2.30. The highest BCUT2D eigenvalue weighted by Gasteiger charge is 2.25. The maximum atomic E-state index is 13.9. The highest BCUT2D eigenvalue weighted by molar-refractivity contribution is 6.35. The van der Waals surface area contributed by atoms with Crippen LogP contribution in [0.3, 0.4) is 0 Å². The van der Waals surface area contributed by atoms with Crippen molar-refractivity contribution in [1.82, 2.24) is 4.98 Å². The van der Waals surface area contributed by atoms with Gasteiger partial charge in [-0.15, -0.1) is 0 Å². The molecule has 1 aliphatic rings. The zero-order valence-electron chi connectivity index (χ0n) is 10.6. The van der Waals surface area contributed by atoms with Gasteiger partial charge in [0.2, 0.25) is 0 Å². The summed E-state index contributed by atoms with van der Waals surface area (Å²) < 4.78 is 13.9. The first-order valence-electron chi connectivity index (χ1n) is 6.00. The first kappa shape index (κ1) is 12.8. The van der Waals surface area contributed by atoms with Crippen LogP contribution in [-0.2, 0) is 4.79 Å². The maximum Gasteiger partial charge on any atom is 0.256 e. The number of carbonyl (C=O) groups is 1. The lowest BCUT2D eigenvalue weighted by Gasteiger charge is -2.01. The number of nitrogens with one attached hydrogen (secondary N) is 1. The number of aromatic nitrogens is 1. The predicted octanol–water partition coefficient (Wildman–Crippen LogP) is 3.68. The molecule has 2 heterocycles. The number of aryl methyl sites for hydroxylation is 1. The summed E-state index contributed by atoms with van der Waals surface area (Å²) in [7, 11) is 0. The lowest BCUT2D eigenvalue weighted by Crippen LogP contribution is -2.03. The third kappa shape index (κ3) is 2.08. The molecule has 5 heteroatoms. The molecule has 0 saturated heterocycles. The molecule has 1 N–H and O–H groups in total. The third-order valence-corrected chi connectivity index (χ3v) is 3.40. The maximum absolute atomic E-state index is 13.9. The number of anilines is 1. The molecule has 1 aromatic heterocycles. The zero-order chi connectivity index (χ0) is 14.3. The molecule has 3 rings (SSSR count). The summed E-state index contributed by atoms with van der Waals surface area (Å²) in [5.41, 5.74) is 2.82. The van der Waals surface area contributed by atoms with E-state index in [-0.39, 0.29) is 16.5 Å². The molecule has 1 aliphatic heterocycles. The van der Waals surface area contributed by atoms with Gasteiger partial charge in [0.1, 0.15) is 5.82 Å². The number of hydrogen-bond acceptors (Lipinski definition) is 2. The van der Waals surface area contributed by atoms with Crippen LogP contribution in [0.4, 0.5) is 10.1 Å². The van der Waals surface area contributed by atoms with Gasteiger partial charge in [0, 0.05) is 23.0 Å². The van der Waals surface area contributed by atoms with E-state index in [1.54, 1.807) is 24.4 Å². The zero-order valence-corrected chi connectivity index (χ0v) is 11.3. The monoisotopic (exact) mass is 288 g/mol. The summed E-state index contributed by atoms with van der Waals surface area (Å²) >= 11 is 5.74. The number of benzene rings is 1. The number of amides is 1. The lowest BCUT2D eigenvalue weighted by molar-refractivity contribution is -0.110. The summed E-state index contributed by atoms with van der Waals surface area (Å²) in [4.78, 5) is 16.1. The molecule has 0 unspecified atom stereocenters. The van der Waals surface area contributed by atoms with E-state index in [1.807, 2.05) is 6.92 Å². The van der Waals surface area contributed by atoms with Crippen LogP contribution < -0.4 is 5.32 Å². The molecular weight excluding hydrogens is 279 g/mol. The lowest BCUT2D eigenvalue weighted by atomic mass is 10.1. The minimum Gasteiger partial charge on any atom is -0.321 e. The number of pyridine rings is 1. The molecule has 0 atom stereocenters. The van der Waals surface area contributed by atoms with Crippen molar-refractivity contribution in [2.24, 2.45) is 0 Å². The minimum atomic E-state index is -0.539. The van der Waals surface area contributed by atoms with Gasteiger partial charge < -0.3 is 5.32 Å². The Morgan fingerprint density at radius 1 is 1.40 bits per heavy atom. The topological polar surface area (TPSA) is 42.0 Å². The Bertz CT molecular complexity index is 756. The van der Waals surface area contributed by atoms with Crippen molar-refractivity contribution >= 4 is 34.8 Å². The molecule has 0 radical (unpaired) electrons. The molecule has 1 aromatic carbocycles. The second-order valence-electron chi connectivity index (χ2n) is 4.53. The van der Waals surface area contributed by atoms with Crippen LogP contribution in [0.1, 0.15) is 16.8 Å². The van der Waals surface area contributed by atoms with Crippen molar-refractivity contribution in [2.75, 3.05) is 5.32 Å². The highest BCUT2D eigenvalue weighted by atomic mass is 35.5. The van der Waals surface area contributed by atoms with Crippen molar-refractivity contribution in [3.8, 4) is 0 Å². The second-order valence-corrected chi connectivity index (χ2v) is 4.93. The Kier molecular flexibility index (Phi) is 3.03. The van der Waals surface area contributed by atoms with E-state index in [4.69, 9.17) is 11.6 Å². The third-order valence-electron chi connectivity index (χ3n) is 3.10. The summed E-state index contributed by atoms with van der Waals surface area (Å²) in [5.74, 6) is -0.810. The number of rotatable bonds is 1. The van der Waals surface area contributed by atoms with E-state index in [0.29, 0.717) is 16.8 Å². The fourth-order valence-electron chi connectivity index (χ4n) is 2.12. The molecule has 0 aliphatic carbocycles. The number of fused-ring (bicyclic) bond motifs is 1. The molecule has 1 amide bonds. The van der Waals surface area contributed by atoms with Crippen molar-refractivity contribution in [3.05, 3.63) is 58.1 Å². The first-order chi connectivity index (χ1) is 9.56. The summed E-state index contributed by atoms with van der Waals surface area (Å²) in [6.45, 7) is 1.84. The first-order valence-corrected chi connectivity index (χ1v) is 6.38. The number of nitrogens with zero attached hydrogens (tertiary/aromatic N) is 1. The Hall–Kier alpha value is -2.20. The van der Waals surface area contributed by atoms with Crippen LogP contribution in [0.25, 0.3) is 11.6 Å². The van der Waals surface area contributed by atoms with Gasteiger partial charge >= 0.3 is 0 Å². The average Bonchev–Trinajstić information content (AvgIpc) is 2.70. The van der Waals surface area contributed by atoms with E-state index >= 15 is 0 Å². The Labute approximate surface area is 120 Å². The average molecular weight is 289 g/mol. The fraction of sp³-hybridized carbons (Fsp3) is 0.0667. The standard InChI is InChI=1S/C15H10ClFN2O/c1-8-5-13-11(7-18-8)10(15(20)19-13)6-9-3-2-4-12(16)14(9)17/h2-7H,1H3,(H,19,20)/b10-6+. The molecule has 0 fully saturated rings. The van der Waals surface area contributed by atoms with Crippen LogP contribution in [-0.4, -0.2) is 10.9 Å². The SMILES string of the molecule is Cc1cc2c(cn1)/C(=C\c1cccc(Cl)c1F)C(=O)N2. The molecule has 2 aromatic rings. The van der Waals surface area contributed by atoms with Crippen molar-refractivity contribution in [1.29, 1.82) is 0 Å². The molecule has 100 valence electrons. The van der Waals surface area contributed by atoms with Crippen LogP contribution >= 0.6 is 11.6 Å². The van der Waals surface area contributed by atoms with Gasteiger partial charge in [0.25, 0.3) is 5.91 Å². The van der Waals surface area contributed by atoms with E-state index in [2.05, 4.69) is 10.3 Å². The predicted molar refractivity (Wildman–Crippen MR) is 76.9 cm³/mol. The van der Waals surface area contributed by atoms with Crippen LogP contribution in [0.2, 0.25) is 5.02 Å². The Morgan fingerprint density at radius 2 is 2.20 bits per heavy atom. The number of halogens is 2. The normalized spacial score (nSPS) is 15.3. The van der Waals surface area contributed by atoms with E-state index in [1.165, 1.54) is 12.1 Å². The summed E-state index contributed by atoms with van der Waals surface area (Å²) in [6.07, 6.45) is 3.09. The Morgan fingerprint density at radius 3 is 3.00 bits per heavy atom. The van der Waals surface area contributed by atoms with E-state index in [0.717, 1.165) is 5.69 Å². The van der Waals surface area contributed by atoms with Crippen molar-refractivity contribution in [2.45, 2.75) is 6.92 Å². The van der Waals surface area contributed by atoms with E-state index < -0.39 is 5.82 Å². The highest BCUT2D eigenvalue weighted by Crippen LogP contribution is 2.33. The molecule has 0 bridgehead atoms. The molecule has 20 heavy (non-hydrogen) atoms. The van der Waals surface area contributed by atoms with Crippen LogP contribution in [0.15, 0.2) is 30.5 Å². The minimum absolute atomic E-state index is 0.0278. The van der Waals surface area contributed by atoms with Crippen molar-refractivity contribution in [3.63, 3.8) is 0 Å². The van der Waals surface area contributed by atoms with Gasteiger partial charge in [-0.05, 0) is 25.1 Å². The van der Waals surface area contributed by atoms with Gasteiger partial charge in [-0.25, -0.2) is 4.39 Å². The van der Waals surface area contributed by atoms with Gasteiger partial charge in [-0.1, -0.05) is 23.7 Å². The molecule has 0 saturated carbocycles. The number of hydrogen-bond donors (Lipinski definition) is 1.